The van der Waals surface area contributed by atoms with Gasteiger partial charge in [0.2, 0.25) is 0 Å². The van der Waals surface area contributed by atoms with E-state index in [-0.39, 0.29) is 18.1 Å². The van der Waals surface area contributed by atoms with Gasteiger partial charge in [0.15, 0.2) is 0 Å². The number of rotatable bonds is 8. The van der Waals surface area contributed by atoms with Crippen molar-refractivity contribution in [3.8, 4) is 0 Å². The number of carbonyl (C=O) groups is 1. The molecule has 0 atom stereocenters. The molecular weight excluding hydrogens is 230 g/mol. The fourth-order valence-corrected chi connectivity index (χ4v) is 2.25. The summed E-state index contributed by atoms with van der Waals surface area (Å²) in [6.45, 7) is 5.62. The molecule has 0 unspecified atom stereocenters. The second-order valence-electron chi connectivity index (χ2n) is 5.63. The van der Waals surface area contributed by atoms with Crippen LogP contribution in [0.25, 0.3) is 0 Å². The van der Waals surface area contributed by atoms with E-state index in [1.807, 2.05) is 0 Å². The van der Waals surface area contributed by atoms with Gasteiger partial charge in [-0.2, -0.15) is 0 Å². The Morgan fingerprint density at radius 2 is 2.11 bits per heavy atom. The van der Waals surface area contributed by atoms with E-state index in [1.54, 1.807) is 0 Å². The Morgan fingerprint density at radius 3 is 2.61 bits per heavy atom. The molecule has 2 aliphatic carbocycles. The molecule has 0 bridgehead atoms. The SMILES string of the molecule is CCN(CCNC(=O)NCC1(CO)CC1)C1CC1. The number of urea groups is 1. The third kappa shape index (κ3) is 3.85. The average molecular weight is 255 g/mol. The van der Waals surface area contributed by atoms with Crippen LogP contribution >= 0.6 is 0 Å². The van der Waals surface area contributed by atoms with Gasteiger partial charge in [-0.1, -0.05) is 6.92 Å². The van der Waals surface area contributed by atoms with Crippen molar-refractivity contribution >= 4 is 6.03 Å². The molecular formula is C13H25N3O2. The second kappa shape index (κ2) is 5.89. The molecule has 2 rings (SSSR count). The number of hydrogen-bond acceptors (Lipinski definition) is 3. The molecule has 0 aliphatic heterocycles. The summed E-state index contributed by atoms with van der Waals surface area (Å²) < 4.78 is 0. The van der Waals surface area contributed by atoms with Crippen molar-refractivity contribution in [1.29, 1.82) is 0 Å². The Kier molecular flexibility index (Phi) is 4.45. The zero-order valence-electron chi connectivity index (χ0n) is 11.2. The molecule has 0 aromatic heterocycles. The van der Waals surface area contributed by atoms with Crippen LogP contribution in [0.4, 0.5) is 4.79 Å². The topological polar surface area (TPSA) is 64.6 Å². The van der Waals surface area contributed by atoms with Crippen LogP contribution in [-0.4, -0.2) is 54.9 Å². The Hall–Kier alpha value is -0.810. The van der Waals surface area contributed by atoms with Crippen molar-refractivity contribution in [2.45, 2.75) is 38.6 Å². The van der Waals surface area contributed by atoms with Crippen LogP contribution in [0.3, 0.4) is 0 Å². The highest BCUT2D eigenvalue weighted by Gasteiger charge is 2.42. The molecule has 2 amide bonds. The zero-order valence-corrected chi connectivity index (χ0v) is 11.2. The van der Waals surface area contributed by atoms with Gasteiger partial charge in [0.1, 0.15) is 0 Å². The second-order valence-corrected chi connectivity index (χ2v) is 5.63. The van der Waals surface area contributed by atoms with Crippen molar-refractivity contribution in [3.05, 3.63) is 0 Å². The molecule has 2 saturated carbocycles. The largest absolute Gasteiger partial charge is 0.396 e. The van der Waals surface area contributed by atoms with E-state index in [9.17, 15) is 4.79 Å². The van der Waals surface area contributed by atoms with Gasteiger partial charge in [-0.3, -0.25) is 4.90 Å². The lowest BCUT2D eigenvalue weighted by molar-refractivity contribution is 0.202. The Morgan fingerprint density at radius 1 is 1.39 bits per heavy atom. The van der Waals surface area contributed by atoms with Gasteiger partial charge in [0, 0.05) is 31.1 Å². The maximum absolute atomic E-state index is 11.6. The maximum atomic E-state index is 11.6. The molecule has 3 N–H and O–H groups in total. The van der Waals surface area contributed by atoms with Gasteiger partial charge >= 0.3 is 6.03 Å². The highest BCUT2D eigenvalue weighted by Crippen LogP contribution is 2.44. The van der Waals surface area contributed by atoms with Gasteiger partial charge in [-0.05, 0) is 32.2 Å². The molecule has 5 heteroatoms. The minimum atomic E-state index is -0.110. The van der Waals surface area contributed by atoms with Gasteiger partial charge in [0.05, 0.1) is 6.61 Å². The first-order chi connectivity index (χ1) is 8.69. The lowest BCUT2D eigenvalue weighted by Crippen LogP contribution is -2.43. The van der Waals surface area contributed by atoms with Crippen LogP contribution in [0.2, 0.25) is 0 Å². The minimum Gasteiger partial charge on any atom is -0.396 e. The molecule has 0 saturated heterocycles. The van der Waals surface area contributed by atoms with Crippen molar-refractivity contribution in [3.63, 3.8) is 0 Å². The average Bonchev–Trinajstić information content (AvgIpc) is 3.27. The van der Waals surface area contributed by atoms with Crippen LogP contribution in [0.15, 0.2) is 0 Å². The molecule has 2 aliphatic rings. The number of hydrogen-bond donors (Lipinski definition) is 3. The smallest absolute Gasteiger partial charge is 0.314 e. The van der Waals surface area contributed by atoms with Gasteiger partial charge in [-0.25, -0.2) is 4.79 Å². The van der Waals surface area contributed by atoms with E-state index in [2.05, 4.69) is 22.5 Å². The van der Waals surface area contributed by atoms with E-state index in [4.69, 9.17) is 5.11 Å². The fourth-order valence-electron chi connectivity index (χ4n) is 2.25. The maximum Gasteiger partial charge on any atom is 0.314 e. The lowest BCUT2D eigenvalue weighted by Gasteiger charge is -2.20. The molecule has 18 heavy (non-hydrogen) atoms. The zero-order chi connectivity index (χ0) is 13.0. The van der Waals surface area contributed by atoms with Crippen molar-refractivity contribution in [2.24, 2.45) is 5.41 Å². The molecule has 0 aromatic carbocycles. The summed E-state index contributed by atoms with van der Waals surface area (Å²) in [6, 6.07) is 0.644. The van der Waals surface area contributed by atoms with Gasteiger partial charge in [-0.15, -0.1) is 0 Å². The predicted molar refractivity (Wildman–Crippen MR) is 70.4 cm³/mol. The molecule has 0 radical (unpaired) electrons. The number of carbonyl (C=O) groups excluding carboxylic acids is 1. The van der Waals surface area contributed by atoms with E-state index in [1.165, 1.54) is 12.8 Å². The molecule has 2 fully saturated rings. The Labute approximate surface area is 109 Å². The quantitative estimate of drug-likeness (QED) is 0.593. The first-order valence-electron chi connectivity index (χ1n) is 7.06. The first kappa shape index (κ1) is 13.6. The van der Waals surface area contributed by atoms with Crippen molar-refractivity contribution in [1.82, 2.24) is 15.5 Å². The number of aliphatic hydroxyl groups is 1. The molecule has 0 spiro atoms. The van der Waals surface area contributed by atoms with E-state index in [0.29, 0.717) is 13.1 Å². The van der Waals surface area contributed by atoms with Gasteiger partial charge < -0.3 is 15.7 Å². The number of likely N-dealkylation sites (N-methyl/N-ethyl adjacent to an activating group) is 1. The molecule has 104 valence electrons. The Bertz CT molecular complexity index is 288. The fraction of sp³-hybridized carbons (Fsp3) is 0.923. The predicted octanol–water partition coefficient (Wildman–Crippen LogP) is 0.542. The summed E-state index contributed by atoms with van der Waals surface area (Å²) in [5.74, 6) is 0. The highest BCUT2D eigenvalue weighted by molar-refractivity contribution is 5.73. The van der Waals surface area contributed by atoms with Crippen molar-refractivity contribution in [2.75, 3.05) is 32.8 Å². The van der Waals surface area contributed by atoms with E-state index in [0.717, 1.165) is 32.0 Å². The summed E-state index contributed by atoms with van der Waals surface area (Å²) in [4.78, 5) is 14.0. The van der Waals surface area contributed by atoms with Crippen LogP contribution in [-0.2, 0) is 0 Å². The van der Waals surface area contributed by atoms with E-state index >= 15 is 0 Å². The number of aliphatic hydroxyl groups excluding tert-OH is 1. The van der Waals surface area contributed by atoms with E-state index < -0.39 is 0 Å². The summed E-state index contributed by atoms with van der Waals surface area (Å²) in [6.07, 6.45) is 4.66. The molecule has 5 nitrogen and oxygen atoms in total. The first-order valence-corrected chi connectivity index (χ1v) is 7.06. The molecule has 0 aromatic rings. The third-order valence-electron chi connectivity index (χ3n) is 4.07. The lowest BCUT2D eigenvalue weighted by atomic mass is 10.1. The monoisotopic (exact) mass is 255 g/mol. The van der Waals surface area contributed by atoms with Gasteiger partial charge in [0.25, 0.3) is 0 Å². The third-order valence-corrected chi connectivity index (χ3v) is 4.07. The number of amides is 2. The summed E-state index contributed by atoms with van der Waals surface area (Å²) in [5, 5.41) is 14.9. The normalized spacial score (nSPS) is 20.8. The van der Waals surface area contributed by atoms with Crippen LogP contribution in [0.5, 0.6) is 0 Å². The molecule has 0 heterocycles. The number of nitrogens with one attached hydrogen (secondary N) is 2. The van der Waals surface area contributed by atoms with Crippen LogP contribution in [0, 0.1) is 5.41 Å². The Balaban J connectivity index is 1.54. The standard InChI is InChI=1S/C13H25N3O2/c1-2-16(11-3-4-11)8-7-14-12(18)15-9-13(10-17)5-6-13/h11,17H,2-10H2,1H3,(H2,14,15,18). The summed E-state index contributed by atoms with van der Waals surface area (Å²) in [7, 11) is 0. The highest BCUT2D eigenvalue weighted by atomic mass is 16.3. The summed E-state index contributed by atoms with van der Waals surface area (Å²) >= 11 is 0. The van der Waals surface area contributed by atoms with Crippen LogP contribution < -0.4 is 10.6 Å². The minimum absolute atomic E-state index is 0.0131. The van der Waals surface area contributed by atoms with Crippen molar-refractivity contribution < 1.29 is 9.90 Å². The van der Waals surface area contributed by atoms with Crippen LogP contribution in [0.1, 0.15) is 32.6 Å². The summed E-state index contributed by atoms with van der Waals surface area (Å²) in [5.41, 5.74) is -0.0131. The number of nitrogens with zero attached hydrogens (tertiary/aromatic N) is 1.